The number of nitrogens with zero attached hydrogens (tertiary/aromatic N) is 2. The number of Topliss-reactive ketones (excluding diaryl/α,β-unsaturated/α-hetero) is 1. The lowest BCUT2D eigenvalue weighted by molar-refractivity contribution is -0.137. The number of benzene rings is 3. The number of carbonyl (C=O) groups excluding carboxylic acids is 2. The zero-order chi connectivity index (χ0) is 29.3. The number of anilines is 3. The second kappa shape index (κ2) is 11.3. The van der Waals surface area contributed by atoms with Gasteiger partial charge in [-0.2, -0.15) is 13.2 Å². The van der Waals surface area contributed by atoms with E-state index in [9.17, 15) is 31.5 Å². The largest absolute Gasteiger partial charge is 0.416 e. The summed E-state index contributed by atoms with van der Waals surface area (Å²) in [5.74, 6) is -1.53. The highest BCUT2D eigenvalue weighted by Crippen LogP contribution is 2.40. The van der Waals surface area contributed by atoms with Crippen LogP contribution in [-0.4, -0.2) is 36.1 Å². The maximum Gasteiger partial charge on any atom is 0.416 e. The predicted molar refractivity (Wildman–Crippen MR) is 146 cm³/mol. The lowest BCUT2D eigenvalue weighted by atomic mass is 9.99. The summed E-state index contributed by atoms with van der Waals surface area (Å²) in [6.45, 7) is 2.70. The van der Waals surface area contributed by atoms with E-state index in [1.165, 1.54) is 36.4 Å². The molecule has 2 heterocycles. The van der Waals surface area contributed by atoms with Gasteiger partial charge in [0.1, 0.15) is 17.3 Å². The van der Waals surface area contributed by atoms with Gasteiger partial charge in [-0.15, -0.1) is 0 Å². The second-order valence-electron chi connectivity index (χ2n) is 10.3. The number of hydrogen-bond acceptors (Lipinski definition) is 5. The Morgan fingerprint density at radius 3 is 2.05 bits per heavy atom. The molecule has 3 aromatic carbocycles. The molecule has 1 unspecified atom stereocenters. The van der Waals surface area contributed by atoms with Crippen molar-refractivity contribution < 1.29 is 31.5 Å². The zero-order valence-corrected chi connectivity index (χ0v) is 22.3. The molecule has 5 rings (SSSR count). The van der Waals surface area contributed by atoms with E-state index in [4.69, 9.17) is 0 Å². The number of rotatable bonds is 6. The van der Waals surface area contributed by atoms with Crippen molar-refractivity contribution in [3.05, 3.63) is 100 Å². The minimum atomic E-state index is -4.50. The number of halogens is 5. The van der Waals surface area contributed by atoms with Gasteiger partial charge >= 0.3 is 6.18 Å². The lowest BCUT2D eigenvalue weighted by Gasteiger charge is -2.42. The summed E-state index contributed by atoms with van der Waals surface area (Å²) >= 11 is 0. The number of alkyl halides is 3. The van der Waals surface area contributed by atoms with Gasteiger partial charge in [0.15, 0.2) is 6.29 Å². The number of piperidine rings is 1. The van der Waals surface area contributed by atoms with Gasteiger partial charge in [-0.25, -0.2) is 8.78 Å². The first-order valence-corrected chi connectivity index (χ1v) is 13.3. The Labute approximate surface area is 234 Å². The van der Waals surface area contributed by atoms with Crippen LogP contribution in [0.25, 0.3) is 0 Å². The number of ketones is 1. The zero-order valence-electron chi connectivity index (χ0n) is 22.3. The van der Waals surface area contributed by atoms with Crippen LogP contribution in [0.2, 0.25) is 0 Å². The van der Waals surface area contributed by atoms with Crippen molar-refractivity contribution in [3.63, 3.8) is 0 Å². The highest BCUT2D eigenvalue weighted by atomic mass is 19.4. The van der Waals surface area contributed by atoms with Crippen LogP contribution in [-0.2, 0) is 28.6 Å². The number of nitrogens with one attached hydrogen (secondary N) is 1. The first kappa shape index (κ1) is 28.3. The highest BCUT2D eigenvalue weighted by Gasteiger charge is 2.33. The second-order valence-corrected chi connectivity index (χ2v) is 10.3. The SMILES string of the molecule is C/C(=C(/Nc1ccc(C(F)(F)F)cc1)C(=O)C=O)N1CCCC(N2c3ccc(F)cc3CCc3cc(F)ccc32)C1. The predicted octanol–water partition coefficient (Wildman–Crippen LogP) is 6.80. The Hall–Kier alpha value is -4.21. The first-order valence-electron chi connectivity index (χ1n) is 13.3. The molecule has 0 aromatic heterocycles. The van der Waals surface area contributed by atoms with E-state index < -0.39 is 17.5 Å². The van der Waals surface area contributed by atoms with Gasteiger partial charge in [-0.1, -0.05) is 0 Å². The third-order valence-electron chi connectivity index (χ3n) is 7.70. The van der Waals surface area contributed by atoms with Crippen LogP contribution in [0, 0.1) is 11.6 Å². The van der Waals surface area contributed by atoms with Crippen molar-refractivity contribution in [1.29, 1.82) is 0 Å². The van der Waals surface area contributed by atoms with Crippen LogP contribution in [0.1, 0.15) is 36.5 Å². The van der Waals surface area contributed by atoms with E-state index in [0.29, 0.717) is 31.6 Å². The quantitative estimate of drug-likeness (QED) is 0.153. The summed E-state index contributed by atoms with van der Waals surface area (Å²) in [5.41, 5.74) is 3.13. The third-order valence-corrected chi connectivity index (χ3v) is 7.70. The Morgan fingerprint density at radius 1 is 0.927 bits per heavy atom. The lowest BCUT2D eigenvalue weighted by Crippen LogP contribution is -2.46. The van der Waals surface area contributed by atoms with Gasteiger partial charge in [-0.05, 0) is 104 Å². The summed E-state index contributed by atoms with van der Waals surface area (Å²) in [7, 11) is 0. The normalized spacial score (nSPS) is 17.7. The van der Waals surface area contributed by atoms with Gasteiger partial charge in [0, 0.05) is 35.8 Å². The molecule has 214 valence electrons. The summed E-state index contributed by atoms with van der Waals surface area (Å²) in [5, 5.41) is 2.85. The van der Waals surface area contributed by atoms with E-state index in [1.807, 2.05) is 4.90 Å². The standard InChI is InChI=1S/C31H28F5N3O2/c1-19(30(29(41)18-40)37-25-10-6-22(7-11-25)31(34,35)36)38-14-2-3-26(17-38)39-27-12-8-23(32)15-20(27)4-5-21-16-24(33)9-13-28(21)39/h6-13,15-16,18,26,37H,2-5,14,17H2,1H3/b30-19-. The van der Waals surface area contributed by atoms with Crippen LogP contribution >= 0.6 is 0 Å². The molecule has 41 heavy (non-hydrogen) atoms. The molecule has 2 aliphatic rings. The Balaban J connectivity index is 1.49. The molecule has 0 radical (unpaired) electrons. The molecule has 0 bridgehead atoms. The van der Waals surface area contributed by atoms with Crippen molar-refractivity contribution in [2.75, 3.05) is 23.3 Å². The van der Waals surface area contributed by atoms with Gasteiger partial charge in [0.25, 0.3) is 0 Å². The number of fused-ring (bicyclic) bond motifs is 2. The summed E-state index contributed by atoms with van der Waals surface area (Å²) in [6, 6.07) is 13.4. The summed E-state index contributed by atoms with van der Waals surface area (Å²) in [6.07, 6.45) is -1.75. The first-order chi connectivity index (χ1) is 19.5. The van der Waals surface area contributed by atoms with Crippen LogP contribution in [0.5, 0.6) is 0 Å². The average Bonchev–Trinajstić information content (AvgIpc) is 3.11. The van der Waals surface area contributed by atoms with E-state index in [0.717, 1.165) is 47.5 Å². The van der Waals surface area contributed by atoms with E-state index in [2.05, 4.69) is 10.2 Å². The van der Waals surface area contributed by atoms with Gasteiger partial charge in [-0.3, -0.25) is 9.59 Å². The summed E-state index contributed by atoms with van der Waals surface area (Å²) in [4.78, 5) is 28.3. The van der Waals surface area contributed by atoms with Crippen LogP contribution in [0.3, 0.4) is 0 Å². The molecule has 2 aliphatic heterocycles. The molecule has 3 aromatic rings. The van der Waals surface area contributed by atoms with Gasteiger partial charge in [0.2, 0.25) is 5.78 Å². The third kappa shape index (κ3) is 5.96. The van der Waals surface area contributed by atoms with Crippen molar-refractivity contribution in [2.45, 2.75) is 44.8 Å². The van der Waals surface area contributed by atoms with Crippen LogP contribution in [0.15, 0.2) is 72.1 Å². The molecule has 0 amide bonds. The molecule has 5 nitrogen and oxygen atoms in total. The minimum Gasteiger partial charge on any atom is -0.371 e. The van der Waals surface area contributed by atoms with Gasteiger partial charge in [0.05, 0.1) is 11.6 Å². The average molecular weight is 570 g/mol. The Kier molecular flexibility index (Phi) is 7.84. The molecule has 1 atom stereocenters. The molecular formula is C31H28F5N3O2. The van der Waals surface area contributed by atoms with E-state index >= 15 is 0 Å². The Morgan fingerprint density at radius 2 is 1.51 bits per heavy atom. The van der Waals surface area contributed by atoms with E-state index in [-0.39, 0.29) is 35.3 Å². The molecule has 0 aliphatic carbocycles. The maximum atomic E-state index is 14.2. The van der Waals surface area contributed by atoms with E-state index in [1.54, 1.807) is 19.1 Å². The molecule has 1 saturated heterocycles. The number of aldehydes is 1. The van der Waals surface area contributed by atoms with Crippen LogP contribution in [0.4, 0.5) is 39.0 Å². The van der Waals surface area contributed by atoms with Crippen LogP contribution < -0.4 is 10.2 Å². The molecule has 0 saturated carbocycles. The Bertz CT molecular complexity index is 1450. The molecule has 1 fully saturated rings. The molecule has 1 N–H and O–H groups in total. The highest BCUT2D eigenvalue weighted by molar-refractivity contribution is 6.34. The fraction of sp³-hybridized carbons (Fsp3) is 0.290. The van der Waals surface area contributed by atoms with Crippen molar-refractivity contribution >= 4 is 29.1 Å². The summed E-state index contributed by atoms with van der Waals surface area (Å²) < 4.78 is 67.4. The number of likely N-dealkylation sites (tertiary alicyclic amines) is 1. The smallest absolute Gasteiger partial charge is 0.371 e. The topological polar surface area (TPSA) is 52.7 Å². The monoisotopic (exact) mass is 569 g/mol. The molecular weight excluding hydrogens is 541 g/mol. The maximum absolute atomic E-state index is 14.2. The number of carbonyl (C=O) groups is 2. The van der Waals surface area contributed by atoms with Crippen molar-refractivity contribution in [2.24, 2.45) is 0 Å². The molecule has 10 heteroatoms. The van der Waals surface area contributed by atoms with Gasteiger partial charge < -0.3 is 15.1 Å². The van der Waals surface area contributed by atoms with Crippen molar-refractivity contribution in [3.8, 4) is 0 Å². The molecule has 0 spiro atoms. The fourth-order valence-corrected chi connectivity index (χ4v) is 5.68. The minimum absolute atomic E-state index is 0.0267. The fourth-order valence-electron chi connectivity index (χ4n) is 5.68. The number of allylic oxidation sites excluding steroid dienone is 2. The number of hydrogen-bond donors (Lipinski definition) is 1. The number of aryl methyl sites for hydroxylation is 2. The van der Waals surface area contributed by atoms with Crippen molar-refractivity contribution in [1.82, 2.24) is 4.90 Å².